The molecule has 2 unspecified atom stereocenters. The maximum absolute atomic E-state index is 11.4. The Morgan fingerprint density at radius 1 is 1.20 bits per heavy atom. The van der Waals surface area contributed by atoms with Crippen molar-refractivity contribution in [3.05, 3.63) is 58.4 Å². The second kappa shape index (κ2) is 7.24. The molecule has 5 nitrogen and oxygen atoms in total. The fourth-order valence-electron chi connectivity index (χ4n) is 6.97. The molecule has 0 radical (unpaired) electrons. The quantitative estimate of drug-likeness (QED) is 0.398. The van der Waals surface area contributed by atoms with Gasteiger partial charge in [-0.15, -0.1) is 0 Å². The molecule has 0 aromatic heterocycles. The molecule has 5 heteroatoms. The van der Waals surface area contributed by atoms with Crippen LogP contribution in [0.1, 0.15) is 62.5 Å². The smallest absolute Gasteiger partial charge is 0.0933 e. The molecule has 30 heavy (non-hydrogen) atoms. The van der Waals surface area contributed by atoms with E-state index >= 15 is 0 Å². The minimum absolute atomic E-state index is 0.170. The summed E-state index contributed by atoms with van der Waals surface area (Å²) in [6.45, 7) is 2.77. The van der Waals surface area contributed by atoms with Gasteiger partial charge < -0.3 is 20.2 Å². The number of oxime groups is 1. The van der Waals surface area contributed by atoms with E-state index < -0.39 is 5.60 Å². The summed E-state index contributed by atoms with van der Waals surface area (Å²) in [7, 11) is 0. The predicted molar refractivity (Wildman–Crippen MR) is 114 cm³/mol. The van der Waals surface area contributed by atoms with Crippen LogP contribution >= 0.6 is 0 Å². The number of aliphatic hydroxyl groups is 2. The van der Waals surface area contributed by atoms with Gasteiger partial charge in [0, 0.05) is 17.8 Å². The molecule has 0 bridgehead atoms. The Morgan fingerprint density at radius 2 is 2.00 bits per heavy atom. The zero-order valence-electron chi connectivity index (χ0n) is 17.6. The Kier molecular flexibility index (Phi) is 4.79. The van der Waals surface area contributed by atoms with Crippen molar-refractivity contribution in [3.63, 3.8) is 0 Å². The van der Waals surface area contributed by atoms with E-state index in [4.69, 9.17) is 9.94 Å². The molecule has 3 N–H and O–H groups in total. The van der Waals surface area contributed by atoms with E-state index in [1.54, 1.807) is 5.57 Å². The first kappa shape index (κ1) is 19.8. The highest BCUT2D eigenvalue weighted by Crippen LogP contribution is 2.66. The standard InChI is InChI=1S/C25H31NO4/c1-24-12-21(17-4-2-16(3-5-17)13-26-29)23-19-9-11-30-14-18(19)6-7-20(23)22(24)8-10-25(24,28)15-27/h2-5,13-14,20-22,27-29H,6-12,15H2,1H3/b26-13+/t20?,21-,22?,24+,25-/m1/s1. The van der Waals surface area contributed by atoms with Crippen molar-refractivity contribution in [3.8, 4) is 0 Å². The van der Waals surface area contributed by atoms with Crippen molar-refractivity contribution in [2.75, 3.05) is 13.2 Å². The number of allylic oxidation sites excluding steroid dienone is 2. The van der Waals surface area contributed by atoms with Crippen molar-refractivity contribution in [2.24, 2.45) is 22.4 Å². The average Bonchev–Trinajstić information content (AvgIpc) is 3.05. The number of fused-ring (bicyclic) bond motifs is 4. The van der Waals surface area contributed by atoms with E-state index in [0.29, 0.717) is 18.3 Å². The van der Waals surface area contributed by atoms with Gasteiger partial charge in [-0.3, -0.25) is 0 Å². The van der Waals surface area contributed by atoms with Crippen LogP contribution in [0.3, 0.4) is 0 Å². The monoisotopic (exact) mass is 409 g/mol. The van der Waals surface area contributed by atoms with Crippen LogP contribution in [-0.4, -0.2) is 40.4 Å². The van der Waals surface area contributed by atoms with Crippen molar-refractivity contribution >= 4 is 6.21 Å². The second-order valence-corrected chi connectivity index (χ2v) is 9.76. The Bertz CT molecular complexity index is 918. The highest BCUT2D eigenvalue weighted by Gasteiger charge is 2.62. The van der Waals surface area contributed by atoms with Gasteiger partial charge in [-0.25, -0.2) is 0 Å². The summed E-state index contributed by atoms with van der Waals surface area (Å²) >= 11 is 0. The molecule has 3 aliphatic carbocycles. The van der Waals surface area contributed by atoms with Crippen LogP contribution in [-0.2, 0) is 4.74 Å². The van der Waals surface area contributed by atoms with Gasteiger partial charge in [0.2, 0.25) is 0 Å². The lowest BCUT2D eigenvalue weighted by molar-refractivity contribution is -0.120. The number of hydrogen-bond donors (Lipinski definition) is 3. The first-order chi connectivity index (χ1) is 14.5. The van der Waals surface area contributed by atoms with Crippen LogP contribution < -0.4 is 0 Å². The third-order valence-electron chi connectivity index (χ3n) is 8.60. The van der Waals surface area contributed by atoms with Gasteiger partial charge in [-0.2, -0.15) is 0 Å². The van der Waals surface area contributed by atoms with E-state index in [2.05, 4.69) is 24.2 Å². The zero-order chi connectivity index (χ0) is 20.9. The molecule has 0 amide bonds. The molecular formula is C25H31NO4. The van der Waals surface area contributed by atoms with Crippen molar-refractivity contribution in [1.29, 1.82) is 0 Å². The largest absolute Gasteiger partial charge is 0.501 e. The molecular weight excluding hydrogens is 378 g/mol. The van der Waals surface area contributed by atoms with Gasteiger partial charge in [0.25, 0.3) is 0 Å². The Hall–Kier alpha value is -2.11. The van der Waals surface area contributed by atoms with Crippen molar-refractivity contribution in [1.82, 2.24) is 0 Å². The lowest BCUT2D eigenvalue weighted by atomic mass is 9.51. The molecule has 2 fully saturated rings. The van der Waals surface area contributed by atoms with Crippen LogP contribution in [0.2, 0.25) is 0 Å². The van der Waals surface area contributed by atoms with Crippen LogP contribution in [0.5, 0.6) is 0 Å². The highest BCUT2D eigenvalue weighted by atomic mass is 16.5. The minimum atomic E-state index is -1.01. The van der Waals surface area contributed by atoms with E-state index in [1.807, 2.05) is 18.4 Å². The molecule has 0 saturated heterocycles. The molecule has 5 atom stereocenters. The highest BCUT2D eigenvalue weighted by molar-refractivity contribution is 5.79. The van der Waals surface area contributed by atoms with Gasteiger partial charge in [-0.1, -0.05) is 41.9 Å². The average molecular weight is 410 g/mol. The van der Waals surface area contributed by atoms with E-state index in [0.717, 1.165) is 44.3 Å². The van der Waals surface area contributed by atoms with E-state index in [-0.39, 0.29) is 17.9 Å². The maximum Gasteiger partial charge on any atom is 0.0933 e. The van der Waals surface area contributed by atoms with Crippen LogP contribution in [0.15, 0.2) is 52.4 Å². The molecule has 1 aromatic carbocycles. The summed E-state index contributed by atoms with van der Waals surface area (Å²) in [5, 5.41) is 33.5. The first-order valence-corrected chi connectivity index (χ1v) is 11.2. The summed E-state index contributed by atoms with van der Waals surface area (Å²) in [5.74, 6) is 1.06. The molecule has 1 aromatic rings. The normalized spacial score (nSPS) is 38.0. The van der Waals surface area contributed by atoms with E-state index in [9.17, 15) is 10.2 Å². The Labute approximate surface area is 177 Å². The molecule has 4 aliphatic rings. The zero-order valence-corrected chi connectivity index (χ0v) is 17.6. The summed E-state index contributed by atoms with van der Waals surface area (Å²) in [6, 6.07) is 8.22. The third-order valence-corrected chi connectivity index (χ3v) is 8.60. The number of hydrogen-bond acceptors (Lipinski definition) is 5. The Balaban J connectivity index is 1.65. The summed E-state index contributed by atoms with van der Waals surface area (Å²) in [4.78, 5) is 0. The van der Waals surface area contributed by atoms with Crippen LogP contribution in [0.25, 0.3) is 0 Å². The molecule has 2 saturated carbocycles. The fourth-order valence-corrected chi connectivity index (χ4v) is 6.97. The topological polar surface area (TPSA) is 82.3 Å². The van der Waals surface area contributed by atoms with E-state index in [1.165, 1.54) is 22.9 Å². The van der Waals surface area contributed by atoms with Crippen molar-refractivity contribution in [2.45, 2.75) is 57.0 Å². The van der Waals surface area contributed by atoms with Crippen LogP contribution in [0, 0.1) is 17.3 Å². The SMILES string of the molecule is C[C@]12C[C@H](c3ccc(/C=N/O)cc3)C3=C4CCOC=C4CCC3C1CC[C@@]2(O)CO. The molecule has 1 heterocycles. The first-order valence-electron chi connectivity index (χ1n) is 11.2. The van der Waals surface area contributed by atoms with Crippen molar-refractivity contribution < 1.29 is 20.2 Å². The number of aliphatic hydroxyl groups excluding tert-OH is 1. The Morgan fingerprint density at radius 3 is 2.73 bits per heavy atom. The van der Waals surface area contributed by atoms with Gasteiger partial charge in [0.05, 0.1) is 31.3 Å². The second-order valence-electron chi connectivity index (χ2n) is 9.76. The van der Waals surface area contributed by atoms with Gasteiger partial charge in [-0.05, 0) is 66.2 Å². The lowest BCUT2D eigenvalue weighted by Crippen LogP contribution is -2.53. The summed E-state index contributed by atoms with van der Waals surface area (Å²) in [6.07, 6.45) is 8.97. The summed E-state index contributed by atoms with van der Waals surface area (Å²) < 4.78 is 5.65. The lowest BCUT2D eigenvalue weighted by Gasteiger charge is -2.54. The fraction of sp³-hybridized carbons (Fsp3) is 0.560. The molecule has 5 rings (SSSR count). The molecule has 1 aliphatic heterocycles. The summed E-state index contributed by atoms with van der Waals surface area (Å²) in [5.41, 5.74) is 5.14. The third kappa shape index (κ3) is 2.78. The van der Waals surface area contributed by atoms with Gasteiger partial charge in [0.15, 0.2) is 0 Å². The number of ether oxygens (including phenoxy) is 1. The number of nitrogens with zero attached hydrogens (tertiary/aromatic N) is 1. The van der Waals surface area contributed by atoms with Gasteiger partial charge in [0.1, 0.15) is 0 Å². The molecule has 160 valence electrons. The van der Waals surface area contributed by atoms with Crippen LogP contribution in [0.4, 0.5) is 0 Å². The van der Waals surface area contributed by atoms with Gasteiger partial charge >= 0.3 is 0 Å². The maximum atomic E-state index is 11.4. The minimum Gasteiger partial charge on any atom is -0.501 e. The molecule has 0 spiro atoms. The number of benzene rings is 1. The predicted octanol–water partition coefficient (Wildman–Crippen LogP) is 4.13. The number of rotatable bonds is 3.